The van der Waals surface area contributed by atoms with E-state index < -0.39 is 0 Å². The van der Waals surface area contributed by atoms with Crippen molar-refractivity contribution in [2.75, 3.05) is 6.54 Å². The Kier molecular flexibility index (Phi) is 2.30. The molecule has 0 aliphatic carbocycles. The largest absolute Gasteiger partial charge is 0.205 e. The second-order valence-electron chi connectivity index (χ2n) is 4.11. The molecular formula is C15H14N+. The van der Waals surface area contributed by atoms with Crippen LogP contribution in [0, 0.1) is 0 Å². The summed E-state index contributed by atoms with van der Waals surface area (Å²) in [7, 11) is 0. The van der Waals surface area contributed by atoms with Gasteiger partial charge in [-0.25, -0.2) is 0 Å². The molecule has 1 heterocycles. The van der Waals surface area contributed by atoms with Gasteiger partial charge in [0.2, 0.25) is 5.69 Å². The van der Waals surface area contributed by atoms with Crippen LogP contribution in [-0.4, -0.2) is 17.3 Å². The first-order valence-corrected chi connectivity index (χ1v) is 5.68. The van der Waals surface area contributed by atoms with E-state index in [9.17, 15) is 0 Å². The van der Waals surface area contributed by atoms with Gasteiger partial charge in [0, 0.05) is 24.1 Å². The molecule has 0 saturated carbocycles. The van der Waals surface area contributed by atoms with Crippen molar-refractivity contribution in [3.05, 3.63) is 65.7 Å². The molecule has 78 valence electrons. The van der Waals surface area contributed by atoms with E-state index in [4.69, 9.17) is 0 Å². The van der Waals surface area contributed by atoms with Crippen LogP contribution in [0.3, 0.4) is 0 Å². The summed E-state index contributed by atoms with van der Waals surface area (Å²) in [5.74, 6) is 0. The Labute approximate surface area is 95.7 Å². The number of hydrogen-bond acceptors (Lipinski definition) is 0. The van der Waals surface area contributed by atoms with Gasteiger partial charge in [0.15, 0.2) is 12.8 Å². The van der Waals surface area contributed by atoms with E-state index in [1.807, 2.05) is 0 Å². The van der Waals surface area contributed by atoms with Gasteiger partial charge in [-0.3, -0.25) is 0 Å². The molecule has 0 radical (unpaired) electrons. The SMILES string of the molecule is C1=[N+](c2ccccc2)CCc2ccccc21. The standard InChI is InChI=1S/C15H14N/c1-2-8-15(9-3-1)16-11-10-13-6-4-5-7-14(13)12-16/h1-9,12H,10-11H2/q+1. The third-order valence-corrected chi connectivity index (χ3v) is 3.06. The highest BCUT2D eigenvalue weighted by Crippen LogP contribution is 2.17. The molecule has 3 rings (SSSR count). The smallest absolute Gasteiger partial charge is 0.198 e. The van der Waals surface area contributed by atoms with Crippen molar-refractivity contribution in [3.63, 3.8) is 0 Å². The fraction of sp³-hybridized carbons (Fsp3) is 0.133. The number of nitrogens with zero attached hydrogens (tertiary/aromatic N) is 1. The zero-order valence-corrected chi connectivity index (χ0v) is 9.13. The third-order valence-electron chi connectivity index (χ3n) is 3.06. The molecule has 2 aromatic carbocycles. The lowest BCUT2D eigenvalue weighted by atomic mass is 10.0. The molecule has 0 bridgehead atoms. The van der Waals surface area contributed by atoms with Crippen molar-refractivity contribution in [1.82, 2.24) is 0 Å². The van der Waals surface area contributed by atoms with Gasteiger partial charge in [-0.1, -0.05) is 36.4 Å². The average Bonchev–Trinajstić information content (AvgIpc) is 2.39. The van der Waals surface area contributed by atoms with Crippen LogP contribution in [-0.2, 0) is 6.42 Å². The summed E-state index contributed by atoms with van der Waals surface area (Å²) in [4.78, 5) is 0. The Balaban J connectivity index is 2.04. The van der Waals surface area contributed by atoms with Gasteiger partial charge in [0.1, 0.15) is 0 Å². The molecule has 0 atom stereocenters. The molecule has 1 aliphatic heterocycles. The number of fused-ring (bicyclic) bond motifs is 1. The minimum Gasteiger partial charge on any atom is -0.198 e. The molecular weight excluding hydrogens is 194 g/mol. The number of para-hydroxylation sites is 1. The third kappa shape index (κ3) is 1.65. The first kappa shape index (κ1) is 9.34. The minimum atomic E-state index is 1.07. The molecule has 0 aromatic heterocycles. The van der Waals surface area contributed by atoms with Gasteiger partial charge in [0.25, 0.3) is 0 Å². The van der Waals surface area contributed by atoms with Crippen LogP contribution in [0.1, 0.15) is 11.1 Å². The van der Waals surface area contributed by atoms with Gasteiger partial charge >= 0.3 is 0 Å². The quantitative estimate of drug-likeness (QED) is 0.634. The highest BCUT2D eigenvalue weighted by Gasteiger charge is 2.16. The van der Waals surface area contributed by atoms with Crippen molar-refractivity contribution in [2.45, 2.75) is 6.42 Å². The maximum Gasteiger partial charge on any atom is 0.205 e. The number of benzene rings is 2. The van der Waals surface area contributed by atoms with Gasteiger partial charge in [-0.15, -0.1) is 0 Å². The van der Waals surface area contributed by atoms with Crippen LogP contribution in [0.4, 0.5) is 5.69 Å². The van der Waals surface area contributed by atoms with E-state index in [0.717, 1.165) is 13.0 Å². The second kappa shape index (κ2) is 3.93. The zero-order chi connectivity index (χ0) is 10.8. The summed E-state index contributed by atoms with van der Waals surface area (Å²) >= 11 is 0. The van der Waals surface area contributed by atoms with Crippen molar-refractivity contribution in [1.29, 1.82) is 0 Å². The highest BCUT2D eigenvalue weighted by atomic mass is 15.0. The lowest BCUT2D eigenvalue weighted by molar-refractivity contribution is -0.436. The molecule has 0 saturated heterocycles. The first-order chi connectivity index (χ1) is 7.93. The number of hydrogen-bond donors (Lipinski definition) is 0. The minimum absolute atomic E-state index is 1.07. The van der Waals surface area contributed by atoms with Crippen LogP contribution >= 0.6 is 0 Å². The Morgan fingerprint density at radius 2 is 1.56 bits per heavy atom. The normalized spacial score (nSPS) is 14.1. The summed E-state index contributed by atoms with van der Waals surface area (Å²) in [6.45, 7) is 1.07. The molecule has 16 heavy (non-hydrogen) atoms. The van der Waals surface area contributed by atoms with Crippen LogP contribution in [0.25, 0.3) is 0 Å². The monoisotopic (exact) mass is 208 g/mol. The molecule has 2 aromatic rings. The van der Waals surface area contributed by atoms with Gasteiger partial charge in [-0.2, -0.15) is 4.58 Å². The Morgan fingerprint density at radius 1 is 0.812 bits per heavy atom. The second-order valence-corrected chi connectivity index (χ2v) is 4.11. The topological polar surface area (TPSA) is 3.01 Å². The van der Waals surface area contributed by atoms with E-state index in [1.165, 1.54) is 16.8 Å². The van der Waals surface area contributed by atoms with Crippen LogP contribution in [0.5, 0.6) is 0 Å². The maximum absolute atomic E-state index is 2.32. The van der Waals surface area contributed by atoms with Crippen LogP contribution in [0.15, 0.2) is 54.6 Å². The molecule has 0 spiro atoms. The molecule has 1 aliphatic rings. The summed E-state index contributed by atoms with van der Waals surface area (Å²) in [6, 6.07) is 19.2. The molecule has 0 N–H and O–H groups in total. The Morgan fingerprint density at radius 3 is 2.44 bits per heavy atom. The zero-order valence-electron chi connectivity index (χ0n) is 9.13. The highest BCUT2D eigenvalue weighted by molar-refractivity contribution is 5.79. The van der Waals surface area contributed by atoms with Gasteiger partial charge < -0.3 is 0 Å². The number of rotatable bonds is 1. The summed E-state index contributed by atoms with van der Waals surface area (Å²) in [6.07, 6.45) is 3.37. The Hall–Kier alpha value is -1.89. The lowest BCUT2D eigenvalue weighted by Crippen LogP contribution is -2.18. The van der Waals surface area contributed by atoms with Crippen molar-refractivity contribution in [3.8, 4) is 0 Å². The van der Waals surface area contributed by atoms with E-state index in [0.29, 0.717) is 0 Å². The van der Waals surface area contributed by atoms with Crippen molar-refractivity contribution >= 4 is 11.9 Å². The molecule has 0 amide bonds. The van der Waals surface area contributed by atoms with Gasteiger partial charge in [-0.05, 0) is 11.6 Å². The fourth-order valence-corrected chi connectivity index (χ4v) is 2.18. The molecule has 1 heteroatoms. The van der Waals surface area contributed by atoms with E-state index in [2.05, 4.69) is 65.4 Å². The van der Waals surface area contributed by atoms with Crippen molar-refractivity contribution in [2.24, 2.45) is 0 Å². The predicted octanol–water partition coefficient (Wildman–Crippen LogP) is 3.01. The van der Waals surface area contributed by atoms with Crippen LogP contribution < -0.4 is 0 Å². The molecule has 0 fully saturated rings. The summed E-state index contributed by atoms with van der Waals surface area (Å²) in [5, 5.41) is 0. The predicted molar refractivity (Wildman–Crippen MR) is 66.5 cm³/mol. The van der Waals surface area contributed by atoms with Gasteiger partial charge in [0.05, 0.1) is 0 Å². The summed E-state index contributed by atoms with van der Waals surface area (Å²) in [5.41, 5.74) is 4.07. The average molecular weight is 208 g/mol. The van der Waals surface area contributed by atoms with Crippen molar-refractivity contribution < 1.29 is 4.58 Å². The Bertz CT molecular complexity index is 526. The van der Waals surface area contributed by atoms with E-state index >= 15 is 0 Å². The molecule has 1 nitrogen and oxygen atoms in total. The fourth-order valence-electron chi connectivity index (χ4n) is 2.18. The maximum atomic E-state index is 2.32. The van der Waals surface area contributed by atoms with Crippen LogP contribution in [0.2, 0.25) is 0 Å². The first-order valence-electron chi connectivity index (χ1n) is 5.68. The lowest BCUT2D eigenvalue weighted by Gasteiger charge is -2.11. The van der Waals surface area contributed by atoms with E-state index in [-0.39, 0.29) is 0 Å². The molecule has 0 unspecified atom stereocenters. The summed E-state index contributed by atoms with van der Waals surface area (Å²) < 4.78 is 2.32. The van der Waals surface area contributed by atoms with E-state index in [1.54, 1.807) is 0 Å².